The van der Waals surface area contributed by atoms with E-state index in [4.69, 9.17) is 4.74 Å². The SMILES string of the molecule is CC(C)Cc1ccc2c(NC(=O)OCC3c4ccccc4-c4ccccc43)c(C(=O)O)sc2n1. The molecule has 34 heavy (non-hydrogen) atoms. The van der Waals surface area contributed by atoms with Gasteiger partial charge in [0, 0.05) is 17.0 Å². The number of nitrogens with zero attached hydrogens (tertiary/aromatic N) is 1. The molecule has 2 aromatic carbocycles. The maximum Gasteiger partial charge on any atom is 0.411 e. The second-order valence-corrected chi connectivity index (χ2v) is 9.81. The van der Waals surface area contributed by atoms with E-state index >= 15 is 0 Å². The molecule has 2 heterocycles. The lowest BCUT2D eigenvalue weighted by Gasteiger charge is -2.14. The molecule has 7 heteroatoms. The number of ether oxygens (including phenoxy) is 1. The van der Waals surface area contributed by atoms with Gasteiger partial charge in [0.05, 0.1) is 5.69 Å². The first-order chi connectivity index (χ1) is 16.4. The summed E-state index contributed by atoms with van der Waals surface area (Å²) in [6.07, 6.45) is 0.112. The van der Waals surface area contributed by atoms with Crippen LogP contribution in [0.2, 0.25) is 0 Å². The van der Waals surface area contributed by atoms with Gasteiger partial charge in [0.15, 0.2) is 0 Å². The van der Waals surface area contributed by atoms with Crippen molar-refractivity contribution in [2.45, 2.75) is 26.2 Å². The summed E-state index contributed by atoms with van der Waals surface area (Å²) in [7, 11) is 0. The maximum absolute atomic E-state index is 12.8. The third-order valence-electron chi connectivity index (χ3n) is 6.00. The number of aromatic nitrogens is 1. The highest BCUT2D eigenvalue weighted by atomic mass is 32.1. The molecule has 0 spiro atoms. The molecule has 172 valence electrons. The van der Waals surface area contributed by atoms with Crippen molar-refractivity contribution in [3.63, 3.8) is 0 Å². The fourth-order valence-electron chi connectivity index (χ4n) is 4.56. The van der Waals surface area contributed by atoms with Gasteiger partial charge in [-0.1, -0.05) is 62.4 Å². The number of rotatable bonds is 6. The van der Waals surface area contributed by atoms with Gasteiger partial charge < -0.3 is 9.84 Å². The van der Waals surface area contributed by atoms with E-state index in [0.29, 0.717) is 16.1 Å². The lowest BCUT2D eigenvalue weighted by Crippen LogP contribution is -2.18. The molecule has 0 fully saturated rings. The average molecular weight is 473 g/mol. The first kappa shape index (κ1) is 22.1. The van der Waals surface area contributed by atoms with Crippen molar-refractivity contribution in [3.8, 4) is 11.1 Å². The van der Waals surface area contributed by atoms with Crippen molar-refractivity contribution < 1.29 is 19.4 Å². The van der Waals surface area contributed by atoms with Gasteiger partial charge in [-0.05, 0) is 46.7 Å². The zero-order valence-corrected chi connectivity index (χ0v) is 19.7. The highest BCUT2D eigenvalue weighted by molar-refractivity contribution is 7.21. The molecule has 4 aromatic rings. The van der Waals surface area contributed by atoms with Crippen molar-refractivity contribution in [1.82, 2.24) is 4.98 Å². The largest absolute Gasteiger partial charge is 0.477 e. The summed E-state index contributed by atoms with van der Waals surface area (Å²) in [5.74, 6) is -0.749. The van der Waals surface area contributed by atoms with E-state index in [9.17, 15) is 14.7 Å². The van der Waals surface area contributed by atoms with Crippen molar-refractivity contribution in [2.24, 2.45) is 5.92 Å². The standard InChI is InChI=1S/C27H24N2O4S/c1-15(2)13-16-11-12-21-23(24(26(30)31)34-25(21)28-16)29-27(32)33-14-22-19-9-5-3-7-17(19)18-8-4-6-10-20(18)22/h3-12,15,22H,13-14H2,1-2H3,(H,29,32)(H,30,31). The Balaban J connectivity index is 1.37. The van der Waals surface area contributed by atoms with Crippen molar-refractivity contribution >= 4 is 39.3 Å². The van der Waals surface area contributed by atoms with Crippen LogP contribution in [0.25, 0.3) is 21.3 Å². The molecule has 0 aliphatic heterocycles. The van der Waals surface area contributed by atoms with E-state index in [1.807, 2.05) is 36.4 Å². The van der Waals surface area contributed by atoms with Gasteiger partial charge >= 0.3 is 12.1 Å². The van der Waals surface area contributed by atoms with Crippen LogP contribution >= 0.6 is 11.3 Å². The third-order valence-corrected chi connectivity index (χ3v) is 7.08. The summed E-state index contributed by atoms with van der Waals surface area (Å²) in [6, 6.07) is 19.9. The van der Waals surface area contributed by atoms with Crippen LogP contribution in [0, 0.1) is 5.92 Å². The molecule has 0 saturated carbocycles. The minimum Gasteiger partial charge on any atom is -0.477 e. The number of carboxylic acid groups (broad SMARTS) is 1. The number of carbonyl (C=O) groups is 2. The fraction of sp³-hybridized carbons (Fsp3) is 0.222. The van der Waals surface area contributed by atoms with Crippen LogP contribution in [0.3, 0.4) is 0 Å². The van der Waals surface area contributed by atoms with Gasteiger partial charge in [0.2, 0.25) is 0 Å². The number of benzene rings is 2. The Hall–Kier alpha value is -3.71. The number of amides is 1. The highest BCUT2D eigenvalue weighted by Gasteiger charge is 2.29. The van der Waals surface area contributed by atoms with Gasteiger partial charge in [0.1, 0.15) is 16.3 Å². The maximum atomic E-state index is 12.8. The number of anilines is 1. The van der Waals surface area contributed by atoms with Gasteiger partial charge in [0.25, 0.3) is 0 Å². The van der Waals surface area contributed by atoms with E-state index in [2.05, 4.69) is 48.4 Å². The fourth-order valence-corrected chi connectivity index (χ4v) is 5.55. The molecular weight excluding hydrogens is 448 g/mol. The number of nitrogens with one attached hydrogen (secondary N) is 1. The molecule has 0 unspecified atom stereocenters. The normalized spacial score (nSPS) is 12.6. The monoisotopic (exact) mass is 472 g/mol. The number of hydrogen-bond donors (Lipinski definition) is 2. The molecule has 1 aliphatic rings. The van der Waals surface area contributed by atoms with Crippen molar-refractivity contribution in [2.75, 3.05) is 11.9 Å². The second-order valence-electron chi connectivity index (χ2n) is 8.82. The van der Waals surface area contributed by atoms with Crippen molar-refractivity contribution in [3.05, 3.63) is 82.4 Å². The second kappa shape index (κ2) is 8.91. The first-order valence-corrected chi connectivity index (χ1v) is 12.0. The topological polar surface area (TPSA) is 88.5 Å². The number of thiophene rings is 1. The zero-order valence-electron chi connectivity index (χ0n) is 18.9. The molecule has 0 bridgehead atoms. The van der Waals surface area contributed by atoms with Crippen LogP contribution < -0.4 is 5.32 Å². The average Bonchev–Trinajstić information content (AvgIpc) is 3.33. The van der Waals surface area contributed by atoms with E-state index in [0.717, 1.165) is 45.7 Å². The Bertz CT molecular complexity index is 1360. The van der Waals surface area contributed by atoms with Gasteiger partial charge in [-0.15, -0.1) is 11.3 Å². The quantitative estimate of drug-likeness (QED) is 0.332. The molecule has 6 nitrogen and oxygen atoms in total. The number of fused-ring (bicyclic) bond motifs is 4. The molecule has 1 aliphatic carbocycles. The molecule has 2 N–H and O–H groups in total. The molecule has 0 saturated heterocycles. The van der Waals surface area contributed by atoms with E-state index < -0.39 is 12.1 Å². The van der Waals surface area contributed by atoms with Crippen LogP contribution in [-0.2, 0) is 11.2 Å². The summed E-state index contributed by atoms with van der Waals surface area (Å²) >= 11 is 1.06. The highest BCUT2D eigenvalue weighted by Crippen LogP contribution is 2.44. The van der Waals surface area contributed by atoms with Crippen LogP contribution in [0.5, 0.6) is 0 Å². The Morgan fingerprint density at radius 1 is 1.03 bits per heavy atom. The van der Waals surface area contributed by atoms with Gasteiger partial charge in [-0.2, -0.15) is 0 Å². The molecule has 1 amide bonds. The summed E-state index contributed by atoms with van der Waals surface area (Å²) in [5.41, 5.74) is 5.65. The number of pyridine rings is 1. The minimum atomic E-state index is -1.11. The summed E-state index contributed by atoms with van der Waals surface area (Å²) in [6.45, 7) is 4.36. The van der Waals surface area contributed by atoms with E-state index in [1.54, 1.807) is 0 Å². The Labute approximate surface area is 201 Å². The lowest BCUT2D eigenvalue weighted by atomic mass is 9.98. The van der Waals surface area contributed by atoms with Gasteiger partial charge in [-0.25, -0.2) is 14.6 Å². The first-order valence-electron chi connectivity index (χ1n) is 11.2. The Morgan fingerprint density at radius 2 is 1.68 bits per heavy atom. The summed E-state index contributed by atoms with van der Waals surface area (Å²) < 4.78 is 5.61. The summed E-state index contributed by atoms with van der Waals surface area (Å²) in [4.78, 5) is 29.9. The number of carbonyl (C=O) groups excluding carboxylic acids is 1. The Kier molecular flexibility index (Phi) is 5.79. The Morgan fingerprint density at radius 3 is 2.29 bits per heavy atom. The number of carboxylic acids is 1. The zero-order chi connectivity index (χ0) is 23.8. The van der Waals surface area contributed by atoms with Crippen LogP contribution in [-0.4, -0.2) is 28.8 Å². The third kappa shape index (κ3) is 4.03. The molecule has 0 radical (unpaired) electrons. The number of hydrogen-bond acceptors (Lipinski definition) is 5. The number of aromatic carboxylic acids is 1. The smallest absolute Gasteiger partial charge is 0.411 e. The van der Waals surface area contributed by atoms with Crippen LogP contribution in [0.4, 0.5) is 10.5 Å². The van der Waals surface area contributed by atoms with Crippen LogP contribution in [0.15, 0.2) is 60.7 Å². The molecular formula is C27H24N2O4S. The van der Waals surface area contributed by atoms with E-state index in [-0.39, 0.29) is 23.1 Å². The molecule has 0 atom stereocenters. The lowest BCUT2D eigenvalue weighted by molar-refractivity contribution is 0.0703. The predicted octanol–water partition coefficient (Wildman–Crippen LogP) is 6.55. The summed E-state index contributed by atoms with van der Waals surface area (Å²) in [5, 5.41) is 13.0. The van der Waals surface area contributed by atoms with Crippen molar-refractivity contribution in [1.29, 1.82) is 0 Å². The molecule has 5 rings (SSSR count). The predicted molar refractivity (Wildman–Crippen MR) is 134 cm³/mol. The van der Waals surface area contributed by atoms with Gasteiger partial charge in [-0.3, -0.25) is 5.32 Å². The molecule has 2 aromatic heterocycles. The van der Waals surface area contributed by atoms with Crippen LogP contribution in [0.1, 0.15) is 46.3 Å². The minimum absolute atomic E-state index is 0.0395. The van der Waals surface area contributed by atoms with E-state index in [1.165, 1.54) is 0 Å².